The highest BCUT2D eigenvalue weighted by atomic mass is 16.5. The second kappa shape index (κ2) is 9.12. The van der Waals surface area contributed by atoms with Crippen molar-refractivity contribution in [2.75, 3.05) is 13.2 Å². The van der Waals surface area contributed by atoms with E-state index in [2.05, 4.69) is 10.4 Å². The van der Waals surface area contributed by atoms with Crippen LogP contribution in [0.3, 0.4) is 0 Å². The Bertz CT molecular complexity index is 1140. The highest BCUT2D eigenvalue weighted by Gasteiger charge is 2.47. The van der Waals surface area contributed by atoms with E-state index in [0.717, 1.165) is 16.0 Å². The first-order chi connectivity index (χ1) is 16.2. The number of nitrogens with one attached hydrogen (secondary N) is 1. The quantitative estimate of drug-likeness (QED) is 0.494. The van der Waals surface area contributed by atoms with Gasteiger partial charge in [0.2, 0.25) is 0 Å². The van der Waals surface area contributed by atoms with Gasteiger partial charge in [-0.2, -0.15) is 5.10 Å². The van der Waals surface area contributed by atoms with Crippen LogP contribution in [0.5, 0.6) is 0 Å². The second-order valence-corrected chi connectivity index (χ2v) is 8.55. The van der Waals surface area contributed by atoms with E-state index in [1.807, 2.05) is 31.2 Å². The van der Waals surface area contributed by atoms with Crippen molar-refractivity contribution in [3.8, 4) is 0 Å². The molecule has 2 aromatic rings. The minimum atomic E-state index is -1.06. The van der Waals surface area contributed by atoms with Gasteiger partial charge in [-0.25, -0.2) is 9.80 Å². The van der Waals surface area contributed by atoms with E-state index in [0.29, 0.717) is 24.3 Å². The van der Waals surface area contributed by atoms with Crippen LogP contribution in [0.15, 0.2) is 52.2 Å². The van der Waals surface area contributed by atoms with E-state index in [-0.39, 0.29) is 0 Å². The molecule has 1 aromatic heterocycles. The Morgan fingerprint density at radius 2 is 1.97 bits per heavy atom. The van der Waals surface area contributed by atoms with Gasteiger partial charge in [0.25, 0.3) is 11.8 Å². The molecule has 4 amide bonds. The van der Waals surface area contributed by atoms with Crippen LogP contribution in [0.2, 0.25) is 0 Å². The predicted molar refractivity (Wildman–Crippen MR) is 121 cm³/mol. The van der Waals surface area contributed by atoms with E-state index in [4.69, 9.17) is 9.15 Å². The van der Waals surface area contributed by atoms with Gasteiger partial charge in [0, 0.05) is 6.42 Å². The number of rotatable bonds is 7. The number of esters is 1. The Morgan fingerprint density at radius 3 is 2.59 bits per heavy atom. The summed E-state index contributed by atoms with van der Waals surface area (Å²) in [7, 11) is 0. The number of imide groups is 1. The van der Waals surface area contributed by atoms with Crippen molar-refractivity contribution in [3.63, 3.8) is 0 Å². The van der Waals surface area contributed by atoms with Crippen molar-refractivity contribution in [2.24, 2.45) is 5.10 Å². The molecule has 1 fully saturated rings. The molecule has 1 aromatic carbocycles. The molecule has 178 valence electrons. The van der Waals surface area contributed by atoms with E-state index >= 15 is 0 Å². The summed E-state index contributed by atoms with van der Waals surface area (Å²) >= 11 is 0. The summed E-state index contributed by atoms with van der Waals surface area (Å²) < 4.78 is 10.6. The van der Waals surface area contributed by atoms with Gasteiger partial charge in [-0.1, -0.05) is 36.8 Å². The van der Waals surface area contributed by atoms with E-state index in [9.17, 15) is 19.2 Å². The van der Waals surface area contributed by atoms with Gasteiger partial charge in [0.05, 0.1) is 12.0 Å². The minimum Gasteiger partial charge on any atom is -0.467 e. The van der Waals surface area contributed by atoms with E-state index < -0.39 is 48.5 Å². The van der Waals surface area contributed by atoms with Crippen molar-refractivity contribution in [1.29, 1.82) is 0 Å². The Balaban J connectivity index is 1.43. The number of aryl methyl sites for hydroxylation is 1. The van der Waals surface area contributed by atoms with Crippen LogP contribution in [-0.2, 0) is 19.1 Å². The fraction of sp³-hybridized carbons (Fsp3) is 0.375. The summed E-state index contributed by atoms with van der Waals surface area (Å²) in [4.78, 5) is 50.6. The van der Waals surface area contributed by atoms with E-state index in [1.165, 1.54) is 11.3 Å². The van der Waals surface area contributed by atoms with Gasteiger partial charge in [0.15, 0.2) is 6.61 Å². The number of carbonyl (C=O) groups is 4. The maximum absolute atomic E-state index is 12.9. The molecule has 10 heteroatoms. The first-order valence-electron chi connectivity index (χ1n) is 11.0. The third-order valence-electron chi connectivity index (χ3n) is 6.12. The Kier molecular flexibility index (Phi) is 6.23. The van der Waals surface area contributed by atoms with Gasteiger partial charge in [-0.3, -0.25) is 19.3 Å². The normalized spacial score (nSPS) is 22.1. The Hall–Kier alpha value is -3.95. The number of carbonyl (C=O) groups excluding carboxylic acids is 4. The number of ether oxygens (including phenoxy) is 1. The molecule has 2 atom stereocenters. The summed E-state index contributed by atoms with van der Waals surface area (Å²) in [5.41, 5.74) is 1.64. The van der Waals surface area contributed by atoms with E-state index in [1.54, 1.807) is 26.0 Å². The fourth-order valence-electron chi connectivity index (χ4n) is 3.88. The highest BCUT2D eigenvalue weighted by Crippen LogP contribution is 2.33. The predicted octanol–water partition coefficient (Wildman–Crippen LogP) is 2.53. The summed E-state index contributed by atoms with van der Waals surface area (Å²) in [5, 5.41) is 8.30. The van der Waals surface area contributed by atoms with Crippen LogP contribution in [0.4, 0.5) is 4.79 Å². The molecule has 0 aliphatic carbocycles. The molecule has 1 saturated heterocycles. The third-order valence-corrected chi connectivity index (χ3v) is 6.12. The van der Waals surface area contributed by atoms with Crippen molar-refractivity contribution < 1.29 is 28.3 Å². The standard InChI is InChI=1S/C24H26N4O6/c1-4-24(3)22(31)27(23(32)25-24)13-21(30)34-14-20(29)28-18(19-6-5-11-33-19)12-17(26-28)16-9-7-15(2)8-10-16/h5-11,18H,4,12-14H2,1-3H3,(H,25,32)/t18-,24+/m1/s1. The number of furan rings is 1. The van der Waals surface area contributed by atoms with Gasteiger partial charge in [-0.15, -0.1) is 0 Å². The molecular formula is C24H26N4O6. The SMILES string of the molecule is CC[C@]1(C)NC(=O)N(CC(=O)OCC(=O)N2N=C(c3ccc(C)cc3)C[C@@H]2c2ccco2)C1=O. The molecule has 0 saturated carbocycles. The largest absolute Gasteiger partial charge is 0.467 e. The number of hydrazone groups is 1. The average Bonchev–Trinajstić information content (AvgIpc) is 3.54. The minimum absolute atomic E-state index is 0.381. The molecule has 0 radical (unpaired) electrons. The van der Waals surface area contributed by atoms with Gasteiger partial charge in [-0.05, 0) is 38.0 Å². The smallest absolute Gasteiger partial charge is 0.326 e. The summed E-state index contributed by atoms with van der Waals surface area (Å²) in [5.74, 6) is -1.36. The average molecular weight is 466 g/mol. The lowest BCUT2D eigenvalue weighted by Gasteiger charge is -2.20. The number of nitrogens with zero attached hydrogens (tertiary/aromatic N) is 3. The first kappa shape index (κ1) is 23.2. The molecule has 2 aliphatic rings. The van der Waals surface area contributed by atoms with Crippen molar-refractivity contribution in [3.05, 3.63) is 59.5 Å². The van der Waals surface area contributed by atoms with Crippen LogP contribution in [0, 0.1) is 6.92 Å². The number of hydrogen-bond acceptors (Lipinski definition) is 7. The molecule has 4 rings (SSSR count). The number of hydrogen-bond donors (Lipinski definition) is 1. The summed E-state index contributed by atoms with van der Waals surface area (Å²) in [6.07, 6.45) is 2.34. The Morgan fingerprint density at radius 1 is 1.24 bits per heavy atom. The van der Waals surface area contributed by atoms with Gasteiger partial charge >= 0.3 is 12.0 Å². The molecule has 2 aliphatic heterocycles. The van der Waals surface area contributed by atoms with Crippen LogP contribution in [0.1, 0.15) is 49.6 Å². The lowest BCUT2D eigenvalue weighted by atomic mass is 9.99. The number of urea groups is 1. The van der Waals surface area contributed by atoms with Crippen molar-refractivity contribution in [1.82, 2.24) is 15.2 Å². The van der Waals surface area contributed by atoms with Crippen LogP contribution >= 0.6 is 0 Å². The molecule has 0 unspecified atom stereocenters. The molecular weight excluding hydrogens is 440 g/mol. The lowest BCUT2D eigenvalue weighted by molar-refractivity contribution is -0.154. The summed E-state index contributed by atoms with van der Waals surface area (Å²) in [6.45, 7) is 4.17. The monoisotopic (exact) mass is 466 g/mol. The van der Waals surface area contributed by atoms with Gasteiger partial charge in [0.1, 0.15) is 23.9 Å². The lowest BCUT2D eigenvalue weighted by Crippen LogP contribution is -2.43. The van der Waals surface area contributed by atoms with Crippen molar-refractivity contribution >= 4 is 29.5 Å². The molecule has 3 heterocycles. The first-order valence-corrected chi connectivity index (χ1v) is 11.0. The molecule has 10 nitrogen and oxygen atoms in total. The summed E-state index contributed by atoms with van der Waals surface area (Å²) in [6, 6.07) is 10.1. The van der Waals surface area contributed by atoms with Crippen LogP contribution < -0.4 is 5.32 Å². The highest BCUT2D eigenvalue weighted by molar-refractivity contribution is 6.08. The topological polar surface area (TPSA) is 122 Å². The molecule has 1 N–H and O–H groups in total. The third kappa shape index (κ3) is 4.43. The van der Waals surface area contributed by atoms with Crippen molar-refractivity contribution in [2.45, 2.75) is 45.2 Å². The number of amides is 4. The zero-order valence-corrected chi connectivity index (χ0v) is 19.2. The molecule has 34 heavy (non-hydrogen) atoms. The molecule has 0 bridgehead atoms. The zero-order chi connectivity index (χ0) is 24.5. The second-order valence-electron chi connectivity index (χ2n) is 8.55. The van der Waals surface area contributed by atoms with Gasteiger partial charge < -0.3 is 14.5 Å². The number of benzene rings is 1. The Labute approximate surface area is 196 Å². The maximum Gasteiger partial charge on any atom is 0.326 e. The van der Waals surface area contributed by atoms with Crippen LogP contribution in [0.25, 0.3) is 0 Å². The fourth-order valence-corrected chi connectivity index (χ4v) is 3.88. The van der Waals surface area contributed by atoms with Crippen LogP contribution in [-0.4, -0.2) is 58.1 Å². The maximum atomic E-state index is 12.9. The zero-order valence-electron chi connectivity index (χ0n) is 19.2. The molecule has 0 spiro atoms.